The van der Waals surface area contributed by atoms with Gasteiger partial charge in [0.15, 0.2) is 11.2 Å². The minimum atomic E-state index is -0.316. The van der Waals surface area contributed by atoms with Gasteiger partial charge in [-0.25, -0.2) is 8.91 Å². The van der Waals surface area contributed by atoms with Crippen LogP contribution in [-0.4, -0.2) is 24.4 Å². The summed E-state index contributed by atoms with van der Waals surface area (Å²) in [6.07, 6.45) is 1.70. The molecule has 5 aromatic rings. The van der Waals surface area contributed by atoms with Gasteiger partial charge in [0.1, 0.15) is 11.3 Å². The van der Waals surface area contributed by atoms with Crippen molar-refractivity contribution < 1.29 is 4.39 Å². The fraction of sp³-hybridized carbons (Fsp3) is 0.0909. The second-order valence-electron chi connectivity index (χ2n) is 6.98. The van der Waals surface area contributed by atoms with Crippen molar-refractivity contribution in [3.63, 3.8) is 0 Å². The van der Waals surface area contributed by atoms with Crippen molar-refractivity contribution in [2.45, 2.75) is 13.5 Å². The normalized spacial score (nSPS) is 11.4. The largest absolute Gasteiger partial charge is 0.309 e. The first-order valence-electron chi connectivity index (χ1n) is 9.27. The second kappa shape index (κ2) is 7.03. The number of halogens is 2. The molecule has 3 heterocycles. The van der Waals surface area contributed by atoms with Gasteiger partial charge < -0.3 is 4.57 Å². The molecule has 0 amide bonds. The van der Waals surface area contributed by atoms with E-state index in [1.165, 1.54) is 12.1 Å². The van der Waals surface area contributed by atoms with Gasteiger partial charge in [-0.1, -0.05) is 41.9 Å². The van der Waals surface area contributed by atoms with E-state index >= 15 is 0 Å². The topological polar surface area (TPSA) is 65.1 Å². The Morgan fingerprint density at radius 2 is 1.80 bits per heavy atom. The minimum Gasteiger partial charge on any atom is -0.309 e. The maximum Gasteiger partial charge on any atom is 0.280 e. The number of rotatable bonds is 3. The molecule has 0 aliphatic carbocycles. The number of hydrogen-bond acceptors (Lipinski definition) is 4. The molecule has 0 saturated carbocycles. The smallest absolute Gasteiger partial charge is 0.280 e. The van der Waals surface area contributed by atoms with Gasteiger partial charge in [0.25, 0.3) is 5.56 Å². The summed E-state index contributed by atoms with van der Waals surface area (Å²) in [5.74, 6) is -0.316. The molecule has 0 aliphatic rings. The van der Waals surface area contributed by atoms with E-state index in [2.05, 4.69) is 15.3 Å². The summed E-state index contributed by atoms with van der Waals surface area (Å²) in [7, 11) is 0. The molecule has 0 atom stereocenters. The Balaban J connectivity index is 1.67. The molecule has 0 radical (unpaired) electrons. The first-order chi connectivity index (χ1) is 14.5. The molecule has 0 unspecified atom stereocenters. The summed E-state index contributed by atoms with van der Waals surface area (Å²) < 4.78 is 16.5. The van der Waals surface area contributed by atoms with Crippen molar-refractivity contribution in [1.82, 2.24) is 24.4 Å². The molecule has 0 aliphatic heterocycles. The Bertz CT molecular complexity index is 1470. The predicted octanol–water partition coefficient (Wildman–Crippen LogP) is 4.26. The molecule has 3 aromatic heterocycles. The highest BCUT2D eigenvalue weighted by molar-refractivity contribution is 6.31. The Hall–Kier alpha value is -3.58. The molecule has 148 valence electrons. The van der Waals surface area contributed by atoms with Crippen LogP contribution in [0.5, 0.6) is 0 Å². The summed E-state index contributed by atoms with van der Waals surface area (Å²) in [5, 5.41) is 13.6. The fourth-order valence-corrected chi connectivity index (χ4v) is 3.78. The maximum atomic E-state index is 13.3. The van der Waals surface area contributed by atoms with Gasteiger partial charge in [-0.2, -0.15) is 5.10 Å². The quantitative estimate of drug-likeness (QED) is 0.438. The Kier molecular flexibility index (Phi) is 4.33. The van der Waals surface area contributed by atoms with Crippen LogP contribution in [0.1, 0.15) is 11.3 Å². The first kappa shape index (κ1) is 18.4. The Morgan fingerprint density at radius 1 is 1.03 bits per heavy atom. The van der Waals surface area contributed by atoms with E-state index in [9.17, 15) is 9.18 Å². The highest BCUT2D eigenvalue weighted by atomic mass is 35.5. The SMILES string of the molecule is Cc1nn2c(nnc3c(=O)n(Cc4ccccc4Cl)ccc32)c1-c1ccc(F)cc1. The molecule has 8 heteroatoms. The molecular formula is C22H15ClFN5O. The van der Waals surface area contributed by atoms with Gasteiger partial charge in [-0.3, -0.25) is 4.79 Å². The third-order valence-corrected chi connectivity index (χ3v) is 5.43. The number of benzene rings is 2. The van der Waals surface area contributed by atoms with E-state index in [1.54, 1.807) is 39.5 Å². The zero-order chi connectivity index (χ0) is 20.8. The Labute approximate surface area is 175 Å². The molecule has 30 heavy (non-hydrogen) atoms. The van der Waals surface area contributed by atoms with E-state index in [4.69, 9.17) is 11.6 Å². The second-order valence-corrected chi connectivity index (χ2v) is 7.38. The fourth-order valence-electron chi connectivity index (χ4n) is 3.58. The van der Waals surface area contributed by atoms with Crippen molar-refractivity contribution in [2.24, 2.45) is 0 Å². The van der Waals surface area contributed by atoms with Crippen LogP contribution < -0.4 is 5.56 Å². The molecule has 2 aromatic carbocycles. The zero-order valence-corrected chi connectivity index (χ0v) is 16.6. The average Bonchev–Trinajstić information content (AvgIpc) is 3.08. The molecule has 5 rings (SSSR count). The van der Waals surface area contributed by atoms with Crippen molar-refractivity contribution in [1.29, 1.82) is 0 Å². The van der Waals surface area contributed by atoms with E-state index in [0.29, 0.717) is 28.4 Å². The summed E-state index contributed by atoms with van der Waals surface area (Å²) in [4.78, 5) is 13.0. The van der Waals surface area contributed by atoms with Crippen LogP contribution in [0, 0.1) is 12.7 Å². The lowest BCUT2D eigenvalue weighted by molar-refractivity contribution is 0.628. The highest BCUT2D eigenvalue weighted by Gasteiger charge is 2.17. The van der Waals surface area contributed by atoms with Gasteiger partial charge in [-0.15, -0.1) is 10.2 Å². The van der Waals surface area contributed by atoms with E-state index in [0.717, 1.165) is 16.7 Å². The van der Waals surface area contributed by atoms with Gasteiger partial charge in [0.2, 0.25) is 0 Å². The van der Waals surface area contributed by atoms with Crippen molar-refractivity contribution in [2.75, 3.05) is 0 Å². The average molecular weight is 420 g/mol. The lowest BCUT2D eigenvalue weighted by atomic mass is 10.1. The predicted molar refractivity (Wildman–Crippen MR) is 113 cm³/mol. The molecular weight excluding hydrogens is 405 g/mol. The first-order valence-corrected chi connectivity index (χ1v) is 9.65. The minimum absolute atomic E-state index is 0.213. The third-order valence-electron chi connectivity index (χ3n) is 5.06. The molecule has 0 spiro atoms. The van der Waals surface area contributed by atoms with Crippen LogP contribution in [0.25, 0.3) is 27.8 Å². The van der Waals surface area contributed by atoms with Crippen LogP contribution in [0.2, 0.25) is 5.02 Å². The van der Waals surface area contributed by atoms with E-state index in [-0.39, 0.29) is 16.9 Å². The number of hydrogen-bond donors (Lipinski definition) is 0. The summed E-state index contributed by atoms with van der Waals surface area (Å²) in [5.41, 5.74) is 4.08. The molecule has 0 bridgehead atoms. The molecule has 6 nitrogen and oxygen atoms in total. The lowest BCUT2D eigenvalue weighted by Gasteiger charge is -2.09. The maximum absolute atomic E-state index is 13.3. The zero-order valence-electron chi connectivity index (χ0n) is 15.9. The summed E-state index contributed by atoms with van der Waals surface area (Å²) >= 11 is 6.23. The van der Waals surface area contributed by atoms with Gasteiger partial charge >= 0.3 is 0 Å². The van der Waals surface area contributed by atoms with Gasteiger partial charge in [0.05, 0.1) is 17.8 Å². The van der Waals surface area contributed by atoms with Gasteiger partial charge in [0, 0.05) is 11.2 Å². The monoisotopic (exact) mass is 419 g/mol. The number of nitrogens with zero attached hydrogens (tertiary/aromatic N) is 5. The highest BCUT2D eigenvalue weighted by Crippen LogP contribution is 2.28. The molecule has 0 N–H and O–H groups in total. The number of fused-ring (bicyclic) bond motifs is 3. The molecule has 0 saturated heterocycles. The number of aryl methyl sites for hydroxylation is 1. The number of pyridine rings is 1. The van der Waals surface area contributed by atoms with Crippen molar-refractivity contribution in [3.8, 4) is 11.1 Å². The van der Waals surface area contributed by atoms with E-state index < -0.39 is 0 Å². The van der Waals surface area contributed by atoms with Crippen LogP contribution in [0.15, 0.2) is 65.6 Å². The lowest BCUT2D eigenvalue weighted by Crippen LogP contribution is -2.22. The van der Waals surface area contributed by atoms with Crippen LogP contribution in [0.3, 0.4) is 0 Å². The summed E-state index contributed by atoms with van der Waals surface area (Å²) in [6.45, 7) is 2.17. The van der Waals surface area contributed by atoms with Crippen LogP contribution in [0.4, 0.5) is 4.39 Å². The number of aromatic nitrogens is 5. The standard InChI is InChI=1S/C22H15ClFN5O/c1-13-19(14-6-8-16(24)9-7-14)21-26-25-20-18(29(21)27-13)10-11-28(22(20)30)12-15-4-2-3-5-17(15)23/h2-11H,12H2,1H3. The van der Waals surface area contributed by atoms with Crippen molar-refractivity contribution >= 4 is 28.3 Å². The van der Waals surface area contributed by atoms with E-state index in [1.807, 2.05) is 25.1 Å². The van der Waals surface area contributed by atoms with Crippen LogP contribution >= 0.6 is 11.6 Å². The Morgan fingerprint density at radius 3 is 2.57 bits per heavy atom. The summed E-state index contributed by atoms with van der Waals surface area (Å²) in [6, 6.07) is 15.3. The van der Waals surface area contributed by atoms with Crippen LogP contribution in [-0.2, 0) is 6.54 Å². The van der Waals surface area contributed by atoms with Crippen molar-refractivity contribution in [3.05, 3.63) is 93.2 Å². The van der Waals surface area contributed by atoms with Gasteiger partial charge in [-0.05, 0) is 42.3 Å². The third kappa shape index (κ3) is 2.95. The molecule has 0 fully saturated rings.